The summed E-state index contributed by atoms with van der Waals surface area (Å²) in [4.78, 5) is 7.38. The van der Waals surface area contributed by atoms with Gasteiger partial charge < -0.3 is 15.1 Å². The molecule has 1 aromatic carbocycles. The van der Waals surface area contributed by atoms with Crippen LogP contribution in [0, 0.1) is 0 Å². The lowest BCUT2D eigenvalue weighted by Crippen LogP contribution is -1.82. The molecule has 0 saturated carbocycles. The first kappa shape index (κ1) is 8.11. The van der Waals surface area contributed by atoms with E-state index in [1.54, 1.807) is 12.1 Å². The molecular formula is C11H9N3O. The van der Waals surface area contributed by atoms with Crippen molar-refractivity contribution in [1.82, 2.24) is 9.97 Å². The van der Waals surface area contributed by atoms with Gasteiger partial charge in [-0.15, -0.1) is 0 Å². The molecule has 0 saturated heterocycles. The highest BCUT2D eigenvalue weighted by molar-refractivity contribution is 5.78. The summed E-state index contributed by atoms with van der Waals surface area (Å²) in [6, 6.07) is 9.23. The Morgan fingerprint density at radius 2 is 2.20 bits per heavy atom. The van der Waals surface area contributed by atoms with Gasteiger partial charge in [-0.3, -0.25) is 0 Å². The molecule has 0 fully saturated rings. The Kier molecular flexibility index (Phi) is 1.56. The number of oxazole rings is 1. The lowest BCUT2D eigenvalue weighted by molar-refractivity contribution is 0.617. The minimum absolute atomic E-state index is 0.584. The summed E-state index contributed by atoms with van der Waals surface area (Å²) >= 11 is 0. The van der Waals surface area contributed by atoms with Crippen molar-refractivity contribution >= 4 is 16.8 Å². The van der Waals surface area contributed by atoms with Crippen molar-refractivity contribution in [3.63, 3.8) is 0 Å². The second-order valence-electron chi connectivity index (χ2n) is 3.33. The zero-order valence-corrected chi connectivity index (χ0v) is 7.90. The van der Waals surface area contributed by atoms with Crippen LogP contribution in [0.4, 0.5) is 5.69 Å². The number of H-pyrrole nitrogens is 1. The molecular weight excluding hydrogens is 190 g/mol. The molecule has 0 aliphatic rings. The van der Waals surface area contributed by atoms with Crippen LogP contribution in [0.2, 0.25) is 0 Å². The van der Waals surface area contributed by atoms with Crippen LogP contribution in [0.1, 0.15) is 0 Å². The van der Waals surface area contributed by atoms with Gasteiger partial charge in [-0.2, -0.15) is 0 Å². The van der Waals surface area contributed by atoms with Gasteiger partial charge in [-0.1, -0.05) is 0 Å². The largest absolute Gasteiger partial charge is 0.435 e. The van der Waals surface area contributed by atoms with Gasteiger partial charge in [0.2, 0.25) is 5.89 Å². The minimum Gasteiger partial charge on any atom is -0.435 e. The third-order valence-corrected chi connectivity index (χ3v) is 2.24. The van der Waals surface area contributed by atoms with Crippen LogP contribution in [0.25, 0.3) is 22.7 Å². The topological polar surface area (TPSA) is 67.8 Å². The van der Waals surface area contributed by atoms with E-state index in [-0.39, 0.29) is 0 Å². The Hall–Kier alpha value is -2.23. The zero-order chi connectivity index (χ0) is 10.3. The highest BCUT2D eigenvalue weighted by atomic mass is 16.3. The van der Waals surface area contributed by atoms with Crippen molar-refractivity contribution in [2.45, 2.75) is 0 Å². The van der Waals surface area contributed by atoms with Gasteiger partial charge in [-0.25, -0.2) is 4.98 Å². The van der Waals surface area contributed by atoms with Gasteiger partial charge in [0.15, 0.2) is 5.58 Å². The van der Waals surface area contributed by atoms with Crippen LogP contribution in [0.15, 0.2) is 40.9 Å². The van der Waals surface area contributed by atoms with Crippen LogP contribution in [0.3, 0.4) is 0 Å². The van der Waals surface area contributed by atoms with Crippen molar-refractivity contribution in [1.29, 1.82) is 0 Å². The average Bonchev–Trinajstić information content (AvgIpc) is 2.84. The summed E-state index contributed by atoms with van der Waals surface area (Å²) < 4.78 is 5.57. The summed E-state index contributed by atoms with van der Waals surface area (Å²) in [7, 11) is 0. The molecule has 0 spiro atoms. The number of nitrogens with zero attached hydrogens (tertiary/aromatic N) is 1. The average molecular weight is 199 g/mol. The van der Waals surface area contributed by atoms with Crippen molar-refractivity contribution in [2.24, 2.45) is 0 Å². The molecule has 0 bridgehead atoms. The number of nitrogens with one attached hydrogen (secondary N) is 1. The number of nitrogen functional groups attached to an aromatic ring is 1. The number of hydrogen-bond donors (Lipinski definition) is 2. The molecule has 4 nitrogen and oxygen atoms in total. The maximum Gasteiger partial charge on any atom is 0.244 e. The molecule has 0 unspecified atom stereocenters. The highest BCUT2D eigenvalue weighted by Gasteiger charge is 2.08. The molecule has 0 radical (unpaired) electrons. The Balaban J connectivity index is 2.22. The molecule has 2 aromatic heterocycles. The molecule has 3 N–H and O–H groups in total. The van der Waals surface area contributed by atoms with E-state index in [1.807, 2.05) is 24.4 Å². The van der Waals surface area contributed by atoms with Crippen LogP contribution >= 0.6 is 0 Å². The highest BCUT2D eigenvalue weighted by Crippen LogP contribution is 2.23. The predicted molar refractivity (Wildman–Crippen MR) is 58.2 cm³/mol. The third-order valence-electron chi connectivity index (χ3n) is 2.24. The van der Waals surface area contributed by atoms with Gasteiger partial charge in [0, 0.05) is 11.9 Å². The monoisotopic (exact) mass is 199 g/mol. The molecule has 4 heteroatoms. The fraction of sp³-hybridized carbons (Fsp3) is 0. The first-order chi connectivity index (χ1) is 7.33. The number of anilines is 1. The fourth-order valence-corrected chi connectivity index (χ4v) is 1.52. The predicted octanol–water partition coefficient (Wildman–Crippen LogP) is 2.41. The Morgan fingerprint density at radius 1 is 1.27 bits per heavy atom. The van der Waals surface area contributed by atoms with E-state index in [2.05, 4.69) is 9.97 Å². The molecule has 15 heavy (non-hydrogen) atoms. The van der Waals surface area contributed by atoms with Gasteiger partial charge in [-0.05, 0) is 30.3 Å². The van der Waals surface area contributed by atoms with Gasteiger partial charge in [0.25, 0.3) is 0 Å². The van der Waals surface area contributed by atoms with E-state index in [1.165, 1.54) is 0 Å². The van der Waals surface area contributed by atoms with E-state index < -0.39 is 0 Å². The van der Waals surface area contributed by atoms with Gasteiger partial charge >= 0.3 is 0 Å². The van der Waals surface area contributed by atoms with E-state index in [0.29, 0.717) is 11.6 Å². The number of fused-ring (bicyclic) bond motifs is 1. The summed E-state index contributed by atoms with van der Waals surface area (Å²) in [5.74, 6) is 0.584. The first-order valence-corrected chi connectivity index (χ1v) is 4.63. The van der Waals surface area contributed by atoms with Crippen LogP contribution < -0.4 is 5.73 Å². The second-order valence-corrected chi connectivity index (χ2v) is 3.33. The molecule has 0 aliphatic heterocycles. The van der Waals surface area contributed by atoms with E-state index in [0.717, 1.165) is 16.8 Å². The number of rotatable bonds is 1. The summed E-state index contributed by atoms with van der Waals surface area (Å²) in [5, 5.41) is 0. The number of aromatic nitrogens is 2. The van der Waals surface area contributed by atoms with E-state index >= 15 is 0 Å². The second kappa shape index (κ2) is 2.88. The molecule has 74 valence electrons. The molecule has 3 aromatic rings. The van der Waals surface area contributed by atoms with E-state index in [4.69, 9.17) is 10.2 Å². The minimum atomic E-state index is 0.584. The number of aromatic amines is 1. The zero-order valence-electron chi connectivity index (χ0n) is 7.90. The number of nitrogens with two attached hydrogens (primary N) is 1. The third kappa shape index (κ3) is 1.27. The molecule has 2 heterocycles. The van der Waals surface area contributed by atoms with Gasteiger partial charge in [0.1, 0.15) is 11.2 Å². The van der Waals surface area contributed by atoms with Crippen LogP contribution in [0.5, 0.6) is 0 Å². The summed E-state index contributed by atoms with van der Waals surface area (Å²) in [6.07, 6.45) is 1.83. The fourth-order valence-electron chi connectivity index (χ4n) is 1.52. The molecule has 3 rings (SSSR count). The number of benzene rings is 1. The number of hydrogen-bond acceptors (Lipinski definition) is 3. The van der Waals surface area contributed by atoms with Crippen molar-refractivity contribution in [3.8, 4) is 11.6 Å². The SMILES string of the molecule is Nc1ccc2oc(-c3ccc[nH]3)nc2c1. The molecule has 0 atom stereocenters. The first-order valence-electron chi connectivity index (χ1n) is 4.63. The van der Waals surface area contributed by atoms with Crippen LogP contribution in [-0.4, -0.2) is 9.97 Å². The molecule has 0 aliphatic carbocycles. The standard InChI is InChI=1S/C11H9N3O/c12-7-3-4-10-9(6-7)14-11(15-10)8-2-1-5-13-8/h1-6,13H,12H2. The lowest BCUT2D eigenvalue weighted by atomic mass is 10.3. The maximum atomic E-state index is 5.66. The lowest BCUT2D eigenvalue weighted by Gasteiger charge is -1.88. The summed E-state index contributed by atoms with van der Waals surface area (Å²) in [6.45, 7) is 0. The van der Waals surface area contributed by atoms with Crippen molar-refractivity contribution in [2.75, 3.05) is 5.73 Å². The van der Waals surface area contributed by atoms with Gasteiger partial charge in [0.05, 0.1) is 0 Å². The smallest absolute Gasteiger partial charge is 0.244 e. The quantitative estimate of drug-likeness (QED) is 0.591. The Labute approximate surface area is 85.7 Å². The van der Waals surface area contributed by atoms with E-state index in [9.17, 15) is 0 Å². The normalized spacial score (nSPS) is 10.9. The van der Waals surface area contributed by atoms with Crippen molar-refractivity contribution in [3.05, 3.63) is 36.5 Å². The van der Waals surface area contributed by atoms with Crippen molar-refractivity contribution < 1.29 is 4.42 Å². The molecule has 0 amide bonds. The van der Waals surface area contributed by atoms with Crippen LogP contribution in [-0.2, 0) is 0 Å². The maximum absolute atomic E-state index is 5.66. The summed E-state index contributed by atoms with van der Waals surface area (Å²) in [5.41, 5.74) is 8.74. The Bertz CT molecular complexity index is 595. The Morgan fingerprint density at radius 3 is 3.00 bits per heavy atom.